The molecule has 21 heavy (non-hydrogen) atoms. The average Bonchev–Trinajstić information content (AvgIpc) is 2.94. The predicted molar refractivity (Wildman–Crippen MR) is 85.0 cm³/mol. The maximum atomic E-state index is 11.7. The van der Waals surface area contributed by atoms with Crippen molar-refractivity contribution in [3.05, 3.63) is 21.9 Å². The summed E-state index contributed by atoms with van der Waals surface area (Å²) in [5, 5.41) is 11.5. The minimum Gasteiger partial charge on any atom is -0.395 e. The summed E-state index contributed by atoms with van der Waals surface area (Å²) in [5.41, 5.74) is 0. The van der Waals surface area contributed by atoms with Gasteiger partial charge in [-0.25, -0.2) is 0 Å². The maximum Gasteiger partial charge on any atom is 0.224 e. The Hall–Kier alpha value is -1.35. The van der Waals surface area contributed by atoms with Crippen LogP contribution in [0.3, 0.4) is 0 Å². The van der Waals surface area contributed by atoms with Crippen LogP contribution in [0.2, 0.25) is 0 Å². The van der Waals surface area contributed by atoms with Crippen molar-refractivity contribution in [3.63, 3.8) is 0 Å². The third-order valence-electron chi connectivity index (χ3n) is 3.61. The van der Waals surface area contributed by atoms with Crippen LogP contribution >= 0.6 is 11.3 Å². The lowest BCUT2D eigenvalue weighted by Gasteiger charge is -2.31. The van der Waals surface area contributed by atoms with Crippen LogP contribution in [-0.2, 0) is 11.3 Å². The summed E-state index contributed by atoms with van der Waals surface area (Å²) in [5.74, 6) is 6.28. The zero-order valence-corrected chi connectivity index (χ0v) is 13.2. The minimum atomic E-state index is 0.111. The number of rotatable bonds is 4. The van der Waals surface area contributed by atoms with Crippen LogP contribution in [0.15, 0.2) is 12.1 Å². The van der Waals surface area contributed by atoms with Crippen LogP contribution < -0.4 is 5.32 Å². The zero-order chi connectivity index (χ0) is 15.1. The Labute approximate surface area is 130 Å². The molecule has 1 saturated heterocycles. The van der Waals surface area contributed by atoms with Gasteiger partial charge in [-0.3, -0.25) is 9.69 Å². The molecule has 1 aromatic rings. The molecule has 1 aliphatic rings. The molecule has 1 aliphatic heterocycles. The molecule has 2 heterocycles. The number of aliphatic hydroxyl groups excluding tert-OH is 1. The van der Waals surface area contributed by atoms with Gasteiger partial charge in [0.25, 0.3) is 0 Å². The van der Waals surface area contributed by atoms with Crippen LogP contribution in [-0.4, -0.2) is 42.7 Å². The molecule has 0 aliphatic carbocycles. The van der Waals surface area contributed by atoms with Gasteiger partial charge in [0.05, 0.1) is 17.4 Å². The summed E-state index contributed by atoms with van der Waals surface area (Å²) in [6, 6.07) is 4.14. The van der Waals surface area contributed by atoms with Crippen LogP contribution in [0.25, 0.3) is 0 Å². The Balaban J connectivity index is 1.90. The monoisotopic (exact) mass is 306 g/mol. The highest BCUT2D eigenvalue weighted by atomic mass is 32.1. The minimum absolute atomic E-state index is 0.111. The van der Waals surface area contributed by atoms with E-state index in [1.165, 1.54) is 4.88 Å². The molecular formula is C16H22N2O2S. The van der Waals surface area contributed by atoms with Gasteiger partial charge in [0, 0.05) is 31.4 Å². The first-order valence-electron chi connectivity index (χ1n) is 7.35. The fraction of sp³-hybridized carbons (Fsp3) is 0.562. The molecule has 0 spiro atoms. The number of carbonyl (C=O) groups is 1. The van der Waals surface area contributed by atoms with Crippen LogP contribution in [0, 0.1) is 17.8 Å². The van der Waals surface area contributed by atoms with Crippen molar-refractivity contribution in [2.24, 2.45) is 5.92 Å². The van der Waals surface area contributed by atoms with Crippen molar-refractivity contribution >= 4 is 17.2 Å². The molecule has 1 aromatic heterocycles. The predicted octanol–water partition coefficient (Wildman–Crippen LogP) is 1.44. The van der Waals surface area contributed by atoms with Crippen molar-refractivity contribution in [2.45, 2.75) is 25.8 Å². The first-order valence-corrected chi connectivity index (χ1v) is 8.17. The Morgan fingerprint density at radius 3 is 3.19 bits per heavy atom. The van der Waals surface area contributed by atoms with Gasteiger partial charge in [0.2, 0.25) is 5.91 Å². The molecular weight excluding hydrogens is 284 g/mol. The maximum absolute atomic E-state index is 11.7. The highest BCUT2D eigenvalue weighted by Crippen LogP contribution is 2.22. The van der Waals surface area contributed by atoms with Crippen molar-refractivity contribution < 1.29 is 9.90 Å². The first kappa shape index (κ1) is 16.0. The van der Waals surface area contributed by atoms with Gasteiger partial charge in [-0.1, -0.05) is 11.8 Å². The molecule has 2 N–H and O–H groups in total. The normalized spacial score (nSPS) is 18.9. The molecule has 1 unspecified atom stereocenters. The van der Waals surface area contributed by atoms with Crippen molar-refractivity contribution in [1.82, 2.24) is 10.2 Å². The van der Waals surface area contributed by atoms with Gasteiger partial charge in [-0.05, 0) is 31.5 Å². The Morgan fingerprint density at radius 1 is 1.57 bits per heavy atom. The molecule has 1 amide bonds. The summed E-state index contributed by atoms with van der Waals surface area (Å²) in [7, 11) is 1.71. The van der Waals surface area contributed by atoms with E-state index in [2.05, 4.69) is 28.1 Å². The SMILES string of the molecule is CNC(=O)C1CCCN(Cc2ccc(C#CCCO)s2)C1. The molecule has 1 fully saturated rings. The fourth-order valence-electron chi connectivity index (χ4n) is 2.57. The summed E-state index contributed by atoms with van der Waals surface area (Å²) < 4.78 is 0. The lowest BCUT2D eigenvalue weighted by atomic mass is 9.97. The Morgan fingerprint density at radius 2 is 2.43 bits per heavy atom. The molecule has 1 atom stereocenters. The second-order valence-corrected chi connectivity index (χ2v) is 6.40. The largest absolute Gasteiger partial charge is 0.395 e. The highest BCUT2D eigenvalue weighted by Gasteiger charge is 2.25. The second-order valence-electron chi connectivity index (χ2n) is 5.23. The van der Waals surface area contributed by atoms with Gasteiger partial charge in [-0.15, -0.1) is 11.3 Å². The second kappa shape index (κ2) is 8.18. The molecule has 2 rings (SSSR count). The number of thiophene rings is 1. The molecule has 4 nitrogen and oxygen atoms in total. The Bertz CT molecular complexity index is 530. The number of hydrogen-bond acceptors (Lipinski definition) is 4. The number of nitrogens with one attached hydrogen (secondary N) is 1. The molecule has 0 aromatic carbocycles. The highest BCUT2D eigenvalue weighted by molar-refractivity contribution is 7.12. The zero-order valence-electron chi connectivity index (χ0n) is 12.4. The molecule has 0 bridgehead atoms. The number of nitrogens with zero attached hydrogens (tertiary/aromatic N) is 1. The quantitative estimate of drug-likeness (QED) is 0.828. The van der Waals surface area contributed by atoms with Crippen LogP contribution in [0.5, 0.6) is 0 Å². The summed E-state index contributed by atoms with van der Waals surface area (Å²) in [4.78, 5) is 16.4. The van der Waals surface area contributed by atoms with E-state index in [0.29, 0.717) is 6.42 Å². The summed E-state index contributed by atoms with van der Waals surface area (Å²) in [6.07, 6.45) is 2.58. The topological polar surface area (TPSA) is 52.6 Å². The summed E-state index contributed by atoms with van der Waals surface area (Å²) in [6.45, 7) is 2.89. The van der Waals surface area contributed by atoms with E-state index in [-0.39, 0.29) is 18.4 Å². The van der Waals surface area contributed by atoms with E-state index < -0.39 is 0 Å². The van der Waals surface area contributed by atoms with Crippen LogP contribution in [0.1, 0.15) is 29.0 Å². The number of likely N-dealkylation sites (tertiary alicyclic amines) is 1. The van der Waals surface area contributed by atoms with Crippen molar-refractivity contribution in [2.75, 3.05) is 26.7 Å². The smallest absolute Gasteiger partial charge is 0.224 e. The standard InChI is InChI=1S/C16H22N2O2S/c1-17-16(20)13-5-4-9-18(11-13)12-15-8-7-14(21-15)6-2-3-10-19/h7-8,13,19H,3-5,9-12H2,1H3,(H,17,20). The lowest BCUT2D eigenvalue weighted by Crippen LogP contribution is -2.41. The third kappa shape index (κ3) is 4.85. The van der Waals surface area contributed by atoms with E-state index in [1.54, 1.807) is 18.4 Å². The molecule has 5 heteroatoms. The number of piperidine rings is 1. The van der Waals surface area contributed by atoms with Crippen molar-refractivity contribution in [3.8, 4) is 11.8 Å². The van der Waals surface area contributed by atoms with Gasteiger partial charge in [0.15, 0.2) is 0 Å². The number of aliphatic hydroxyl groups is 1. The van der Waals surface area contributed by atoms with Gasteiger partial charge >= 0.3 is 0 Å². The molecule has 114 valence electrons. The van der Waals surface area contributed by atoms with Crippen molar-refractivity contribution in [1.29, 1.82) is 0 Å². The van der Waals surface area contributed by atoms with Gasteiger partial charge in [0.1, 0.15) is 0 Å². The van der Waals surface area contributed by atoms with E-state index in [1.807, 2.05) is 6.07 Å². The fourth-order valence-corrected chi connectivity index (χ4v) is 3.50. The van der Waals surface area contributed by atoms with Gasteiger partial charge in [-0.2, -0.15) is 0 Å². The lowest BCUT2D eigenvalue weighted by molar-refractivity contribution is -0.126. The number of hydrogen-bond donors (Lipinski definition) is 2. The first-order chi connectivity index (χ1) is 10.2. The van der Waals surface area contributed by atoms with E-state index in [0.717, 1.165) is 37.4 Å². The van der Waals surface area contributed by atoms with E-state index >= 15 is 0 Å². The molecule has 0 radical (unpaired) electrons. The Kier molecular flexibility index (Phi) is 6.24. The van der Waals surface area contributed by atoms with E-state index in [9.17, 15) is 4.79 Å². The van der Waals surface area contributed by atoms with Gasteiger partial charge < -0.3 is 10.4 Å². The number of amides is 1. The molecule has 0 saturated carbocycles. The number of carbonyl (C=O) groups excluding carboxylic acids is 1. The third-order valence-corrected chi connectivity index (χ3v) is 4.60. The van der Waals surface area contributed by atoms with E-state index in [4.69, 9.17) is 5.11 Å². The summed E-state index contributed by atoms with van der Waals surface area (Å²) >= 11 is 1.69. The van der Waals surface area contributed by atoms with Crippen LogP contribution in [0.4, 0.5) is 0 Å². The average molecular weight is 306 g/mol.